The maximum absolute atomic E-state index is 12.2. The van der Waals surface area contributed by atoms with E-state index >= 15 is 0 Å². The van der Waals surface area contributed by atoms with E-state index in [2.05, 4.69) is 87.5 Å². The number of rotatable bonds is 11. The van der Waals surface area contributed by atoms with Crippen molar-refractivity contribution in [1.82, 2.24) is 0 Å². The Bertz CT molecular complexity index is 1680. The van der Waals surface area contributed by atoms with Gasteiger partial charge in [0.25, 0.3) is 0 Å². The predicted octanol–water partition coefficient (Wildman–Crippen LogP) is 9.47. The summed E-state index contributed by atoms with van der Waals surface area (Å²) in [5.41, 5.74) is 10.9. The first-order valence-corrected chi connectivity index (χ1v) is 17.1. The van der Waals surface area contributed by atoms with Crippen molar-refractivity contribution in [1.29, 1.82) is 0 Å². The summed E-state index contributed by atoms with van der Waals surface area (Å²) >= 11 is 0. The number of aliphatic hydroxyl groups is 1. The quantitative estimate of drug-likeness (QED) is 0.230. The highest BCUT2D eigenvalue weighted by Crippen LogP contribution is 2.40. The largest absolute Gasteiger partial charge is 0.371 e. The van der Waals surface area contributed by atoms with Gasteiger partial charge in [-0.15, -0.1) is 0 Å². The van der Waals surface area contributed by atoms with Crippen molar-refractivity contribution in [3.05, 3.63) is 165 Å². The molecule has 1 fully saturated rings. The van der Waals surface area contributed by atoms with Gasteiger partial charge in [-0.05, 0) is 76.7 Å². The number of ether oxygens (including phenoxy) is 3. The second kappa shape index (κ2) is 15.0. The molecule has 2 bridgehead atoms. The van der Waals surface area contributed by atoms with Gasteiger partial charge in [-0.1, -0.05) is 136 Å². The number of fused-ring (bicyclic) bond motifs is 2. The fraction of sp³-hybridized carbons (Fsp3) is 0.349. The van der Waals surface area contributed by atoms with Crippen LogP contribution in [0, 0.1) is 5.92 Å². The van der Waals surface area contributed by atoms with E-state index in [4.69, 9.17) is 14.2 Å². The molecule has 0 saturated carbocycles. The highest BCUT2D eigenvalue weighted by molar-refractivity contribution is 5.55. The third kappa shape index (κ3) is 8.02. The molecule has 47 heavy (non-hydrogen) atoms. The average Bonchev–Trinajstić information content (AvgIpc) is 3.07. The van der Waals surface area contributed by atoms with E-state index in [1.807, 2.05) is 55.5 Å². The van der Waals surface area contributed by atoms with Crippen molar-refractivity contribution in [3.8, 4) is 0 Å². The van der Waals surface area contributed by atoms with Crippen LogP contribution in [0.2, 0.25) is 0 Å². The minimum Gasteiger partial charge on any atom is -0.371 e. The third-order valence-electron chi connectivity index (χ3n) is 9.58. The van der Waals surface area contributed by atoms with Crippen molar-refractivity contribution in [2.45, 2.75) is 90.7 Å². The zero-order valence-corrected chi connectivity index (χ0v) is 28.2. The fourth-order valence-corrected chi connectivity index (χ4v) is 6.90. The maximum atomic E-state index is 12.2. The van der Waals surface area contributed by atoms with E-state index in [9.17, 15) is 5.11 Å². The second-order valence-electron chi connectivity index (χ2n) is 13.4. The van der Waals surface area contributed by atoms with Crippen LogP contribution < -0.4 is 0 Å². The van der Waals surface area contributed by atoms with E-state index in [0.29, 0.717) is 19.1 Å². The van der Waals surface area contributed by atoms with Gasteiger partial charge in [-0.25, -0.2) is 0 Å². The van der Waals surface area contributed by atoms with E-state index in [0.717, 1.165) is 41.5 Å². The molecule has 0 radical (unpaired) electrons. The molecular formula is C43H48O4. The van der Waals surface area contributed by atoms with Gasteiger partial charge in [0, 0.05) is 12.0 Å². The Balaban J connectivity index is 1.26. The molecule has 0 amide bonds. The lowest BCUT2D eigenvalue weighted by Gasteiger charge is -2.45. The Hall–Kier alpha value is -3.80. The molecule has 3 unspecified atom stereocenters. The third-order valence-corrected chi connectivity index (χ3v) is 9.58. The zero-order valence-electron chi connectivity index (χ0n) is 28.2. The van der Waals surface area contributed by atoms with Crippen LogP contribution in [0.5, 0.6) is 0 Å². The maximum Gasteiger partial charge on any atom is 0.195 e. The lowest BCUT2D eigenvalue weighted by molar-refractivity contribution is -0.318. The number of hydrogen-bond donors (Lipinski definition) is 1. The van der Waals surface area contributed by atoms with E-state index in [1.165, 1.54) is 27.9 Å². The monoisotopic (exact) mass is 628 g/mol. The summed E-state index contributed by atoms with van der Waals surface area (Å²) in [7, 11) is 0. The van der Waals surface area contributed by atoms with Gasteiger partial charge in [0.15, 0.2) is 5.79 Å². The Morgan fingerprint density at radius 3 is 2.23 bits per heavy atom. The molecule has 6 rings (SSSR count). The van der Waals surface area contributed by atoms with Crippen LogP contribution in [0.1, 0.15) is 69.2 Å². The molecule has 4 nitrogen and oxygen atoms in total. The standard InChI is InChI=1S/C43H48O4/c1-5-35-24-38(39-25-36(30(2)3)19-13-20-37(35)26-39)22-34-18-12-21-40(23-34)43(44)27-41(45-28-32-14-8-6-9-15-32)42(31(4)47-43)46-29-33-16-10-7-11-17-33/h6-21,23-25,30-31,41-42,44H,5,22,26-29H2,1-4H3/t31?,41?,42-,43?/m1/s1. The van der Waals surface area contributed by atoms with Crippen molar-refractivity contribution >= 4 is 0 Å². The van der Waals surface area contributed by atoms with E-state index in [-0.39, 0.29) is 18.6 Å². The van der Waals surface area contributed by atoms with Crippen LogP contribution in [0.15, 0.2) is 143 Å². The molecule has 3 aliphatic rings. The molecular weight excluding hydrogens is 580 g/mol. The molecule has 244 valence electrons. The van der Waals surface area contributed by atoms with Gasteiger partial charge in [0.1, 0.15) is 6.10 Å². The number of allylic oxidation sites excluding steroid dienone is 10. The highest BCUT2D eigenvalue weighted by Gasteiger charge is 2.47. The minimum absolute atomic E-state index is 0.266. The van der Waals surface area contributed by atoms with Crippen LogP contribution in [0.4, 0.5) is 0 Å². The average molecular weight is 629 g/mol. The molecule has 3 aromatic carbocycles. The van der Waals surface area contributed by atoms with Crippen LogP contribution in [0.25, 0.3) is 0 Å². The second-order valence-corrected chi connectivity index (χ2v) is 13.4. The van der Waals surface area contributed by atoms with Gasteiger partial charge in [0.05, 0.1) is 25.4 Å². The zero-order chi connectivity index (χ0) is 32.8. The number of hydrogen-bond acceptors (Lipinski definition) is 4. The van der Waals surface area contributed by atoms with Crippen molar-refractivity contribution in [2.75, 3.05) is 0 Å². The summed E-state index contributed by atoms with van der Waals surface area (Å²) in [6, 6.07) is 28.6. The van der Waals surface area contributed by atoms with Gasteiger partial charge >= 0.3 is 0 Å². The molecule has 1 aliphatic heterocycles. The lowest BCUT2D eigenvalue weighted by atomic mass is 9.81. The molecule has 3 aromatic rings. The Morgan fingerprint density at radius 1 is 0.872 bits per heavy atom. The van der Waals surface area contributed by atoms with Crippen molar-refractivity contribution in [2.24, 2.45) is 5.92 Å². The van der Waals surface area contributed by atoms with Crippen molar-refractivity contribution < 1.29 is 19.3 Å². The summed E-state index contributed by atoms with van der Waals surface area (Å²) in [5, 5.41) is 12.2. The summed E-state index contributed by atoms with van der Waals surface area (Å²) in [4.78, 5) is 0. The minimum atomic E-state index is -1.51. The predicted molar refractivity (Wildman–Crippen MR) is 189 cm³/mol. The smallest absolute Gasteiger partial charge is 0.195 e. The first-order chi connectivity index (χ1) is 22.8. The molecule has 2 aliphatic carbocycles. The summed E-state index contributed by atoms with van der Waals surface area (Å²) in [5.74, 6) is -1.06. The van der Waals surface area contributed by atoms with Gasteiger partial charge < -0.3 is 19.3 Å². The van der Waals surface area contributed by atoms with Crippen molar-refractivity contribution in [3.63, 3.8) is 0 Å². The highest BCUT2D eigenvalue weighted by atomic mass is 16.7. The first-order valence-electron chi connectivity index (χ1n) is 17.1. The molecule has 1 heterocycles. The van der Waals surface area contributed by atoms with Gasteiger partial charge in [-0.2, -0.15) is 0 Å². The SMILES string of the molecule is CCC1=CC(Cc2cccc(C3(O)CC(OCc4ccccc4)[C@H](OCc4ccccc4)C(C)O3)c2)=C2C=C(C(C)C)C=CC=C1C2. The van der Waals surface area contributed by atoms with E-state index < -0.39 is 11.9 Å². The summed E-state index contributed by atoms with van der Waals surface area (Å²) in [6.07, 6.45) is 13.4. The molecule has 4 heteroatoms. The Labute approximate surface area is 280 Å². The normalized spacial score (nSPS) is 24.4. The summed E-state index contributed by atoms with van der Waals surface area (Å²) < 4.78 is 19.4. The van der Waals surface area contributed by atoms with Gasteiger partial charge in [0.2, 0.25) is 0 Å². The fourth-order valence-electron chi connectivity index (χ4n) is 6.90. The molecule has 1 saturated heterocycles. The Kier molecular flexibility index (Phi) is 10.5. The lowest BCUT2D eigenvalue weighted by Crippen LogP contribution is -2.54. The Morgan fingerprint density at radius 2 is 1.55 bits per heavy atom. The first kappa shape index (κ1) is 33.1. The molecule has 0 aromatic heterocycles. The van der Waals surface area contributed by atoms with Crippen LogP contribution in [-0.2, 0) is 39.6 Å². The summed E-state index contributed by atoms with van der Waals surface area (Å²) in [6.45, 7) is 9.59. The number of benzene rings is 3. The molecule has 1 N–H and O–H groups in total. The van der Waals surface area contributed by atoms with Crippen LogP contribution in [0.3, 0.4) is 0 Å². The van der Waals surface area contributed by atoms with Crippen LogP contribution >= 0.6 is 0 Å². The van der Waals surface area contributed by atoms with E-state index in [1.54, 1.807) is 0 Å². The van der Waals surface area contributed by atoms with Gasteiger partial charge in [-0.3, -0.25) is 0 Å². The molecule has 0 spiro atoms. The molecule has 4 atom stereocenters. The van der Waals surface area contributed by atoms with Crippen LogP contribution in [-0.4, -0.2) is 23.4 Å². The topological polar surface area (TPSA) is 47.9 Å².